The van der Waals surface area contributed by atoms with Crippen molar-refractivity contribution >= 4 is 5.78 Å². The van der Waals surface area contributed by atoms with Gasteiger partial charge in [-0.2, -0.15) is 5.26 Å². The third kappa shape index (κ3) is 3.71. The van der Waals surface area contributed by atoms with E-state index >= 15 is 4.39 Å². The van der Waals surface area contributed by atoms with Crippen LogP contribution in [0.25, 0.3) is 22.6 Å². The highest BCUT2D eigenvalue weighted by Crippen LogP contribution is 2.57. The van der Waals surface area contributed by atoms with Crippen molar-refractivity contribution in [2.45, 2.75) is 70.6 Å². The summed E-state index contributed by atoms with van der Waals surface area (Å²) < 4.78 is 15.2. The molecule has 0 saturated heterocycles. The highest BCUT2D eigenvalue weighted by Gasteiger charge is 2.56. The van der Waals surface area contributed by atoms with Crippen LogP contribution in [0.3, 0.4) is 0 Å². The molecule has 6 rings (SSSR count). The van der Waals surface area contributed by atoms with Crippen LogP contribution < -0.4 is 0 Å². The minimum absolute atomic E-state index is 0.0252. The molecule has 192 valence electrons. The smallest absolute Gasteiger partial charge is 0.179 e. The fourth-order valence-corrected chi connectivity index (χ4v) is 6.99. The van der Waals surface area contributed by atoms with Gasteiger partial charge in [-0.05, 0) is 62.3 Å². The molecule has 3 aromatic rings. The van der Waals surface area contributed by atoms with E-state index in [1.165, 1.54) is 6.07 Å². The first kappa shape index (κ1) is 24.6. The van der Waals surface area contributed by atoms with Crippen LogP contribution in [-0.2, 0) is 16.6 Å². The number of carbonyl (C=O) groups is 1. The lowest BCUT2D eigenvalue weighted by Gasteiger charge is -2.51. The van der Waals surface area contributed by atoms with Crippen molar-refractivity contribution in [1.82, 2.24) is 15.0 Å². The highest BCUT2D eigenvalue weighted by molar-refractivity contribution is 6.04. The number of carbonyl (C=O) groups excluding carboxylic acids is 1. The number of rotatable bonds is 5. The standard InChI is InChI=1S/C32H31FN4O/c1-4-14-31(2)26-12-11-23-27(22-7-5-6-8-24(22)33)36-30(20-13-15-35-25(16-20)19-9-10-19)37-28(23)32(26,3)17-21(18-34)29(31)38/h5-8,13,15-17,19,26H,4,9-12,14H2,1-3H3/t26-,31-,32-/m1/s1. The molecule has 3 aliphatic rings. The van der Waals surface area contributed by atoms with Crippen molar-refractivity contribution < 1.29 is 9.18 Å². The van der Waals surface area contributed by atoms with E-state index in [2.05, 4.69) is 31.0 Å². The summed E-state index contributed by atoms with van der Waals surface area (Å²) in [6.45, 7) is 6.19. The Labute approximate surface area is 222 Å². The van der Waals surface area contributed by atoms with Crippen molar-refractivity contribution in [2.75, 3.05) is 0 Å². The highest BCUT2D eigenvalue weighted by atomic mass is 19.1. The van der Waals surface area contributed by atoms with E-state index in [1.54, 1.807) is 18.3 Å². The lowest BCUT2D eigenvalue weighted by molar-refractivity contribution is -0.130. The van der Waals surface area contributed by atoms with Gasteiger partial charge in [0.25, 0.3) is 0 Å². The van der Waals surface area contributed by atoms with Crippen LogP contribution in [0.4, 0.5) is 4.39 Å². The summed E-state index contributed by atoms with van der Waals surface area (Å²) in [5.74, 6) is 0.570. The Morgan fingerprint density at radius 2 is 1.92 bits per heavy atom. The maximum atomic E-state index is 15.2. The van der Waals surface area contributed by atoms with E-state index in [0.29, 0.717) is 35.8 Å². The summed E-state index contributed by atoms with van der Waals surface area (Å²) in [6.07, 6.45) is 8.83. The van der Waals surface area contributed by atoms with Gasteiger partial charge in [-0.3, -0.25) is 9.78 Å². The Morgan fingerprint density at radius 1 is 1.13 bits per heavy atom. The second-order valence-corrected chi connectivity index (χ2v) is 11.5. The van der Waals surface area contributed by atoms with Gasteiger partial charge in [0.1, 0.15) is 11.9 Å². The van der Waals surface area contributed by atoms with Gasteiger partial charge in [-0.25, -0.2) is 14.4 Å². The molecule has 0 bridgehead atoms. The quantitative estimate of drug-likeness (QED) is 0.377. The number of ketones is 1. The molecule has 5 nitrogen and oxygen atoms in total. The molecule has 0 unspecified atom stereocenters. The van der Waals surface area contributed by atoms with E-state index in [-0.39, 0.29) is 23.1 Å². The van der Waals surface area contributed by atoms with Gasteiger partial charge in [0.05, 0.1) is 17.0 Å². The van der Waals surface area contributed by atoms with Gasteiger partial charge in [-0.1, -0.05) is 45.4 Å². The minimum Gasteiger partial charge on any atom is -0.293 e. The SMILES string of the molecule is CCC[C@@]1(C)C(=O)C(C#N)=C[C@@]2(C)c3nc(-c4ccnc(C5CC5)c4)nc(-c4ccccc4F)c3CC[C@H]12. The van der Waals surface area contributed by atoms with Crippen LogP contribution in [-0.4, -0.2) is 20.7 Å². The maximum absolute atomic E-state index is 15.2. The number of nitriles is 1. The topological polar surface area (TPSA) is 79.5 Å². The zero-order valence-electron chi connectivity index (χ0n) is 22.1. The lowest BCUT2D eigenvalue weighted by atomic mass is 9.50. The Balaban J connectivity index is 1.63. The number of benzene rings is 1. The Kier molecular flexibility index (Phi) is 5.79. The first-order chi connectivity index (χ1) is 18.3. The zero-order chi connectivity index (χ0) is 26.7. The summed E-state index contributed by atoms with van der Waals surface area (Å²) in [6, 6.07) is 12.9. The van der Waals surface area contributed by atoms with Gasteiger partial charge in [-0.15, -0.1) is 0 Å². The van der Waals surface area contributed by atoms with E-state index in [9.17, 15) is 10.1 Å². The van der Waals surface area contributed by atoms with Crippen molar-refractivity contribution in [3.63, 3.8) is 0 Å². The summed E-state index contributed by atoms with van der Waals surface area (Å²) in [5, 5.41) is 9.98. The first-order valence-electron chi connectivity index (χ1n) is 13.6. The van der Waals surface area contributed by atoms with Gasteiger partial charge in [0.2, 0.25) is 0 Å². The average molecular weight is 507 g/mol. The predicted octanol–water partition coefficient (Wildman–Crippen LogP) is 6.88. The molecule has 0 aliphatic heterocycles. The second-order valence-electron chi connectivity index (χ2n) is 11.5. The fourth-order valence-electron chi connectivity index (χ4n) is 6.99. The molecule has 0 spiro atoms. The number of halogens is 1. The number of Topliss-reactive ketones (excluding diaryl/α,β-unsaturated/α-hetero) is 1. The van der Waals surface area contributed by atoms with Crippen molar-refractivity contribution in [3.8, 4) is 28.7 Å². The molecule has 3 aliphatic carbocycles. The fraction of sp³-hybridized carbons (Fsp3) is 0.406. The molecule has 1 saturated carbocycles. The predicted molar refractivity (Wildman–Crippen MR) is 144 cm³/mol. The summed E-state index contributed by atoms with van der Waals surface area (Å²) in [7, 11) is 0. The molecule has 1 aromatic carbocycles. The largest absolute Gasteiger partial charge is 0.293 e. The first-order valence-corrected chi connectivity index (χ1v) is 13.6. The number of nitrogens with zero attached hydrogens (tertiary/aromatic N) is 4. The number of hydrogen-bond donors (Lipinski definition) is 0. The summed E-state index contributed by atoms with van der Waals surface area (Å²) in [5.41, 5.74) is 3.47. The van der Waals surface area contributed by atoms with E-state index in [0.717, 1.165) is 48.2 Å². The molecule has 0 N–H and O–H groups in total. The van der Waals surface area contributed by atoms with E-state index < -0.39 is 10.8 Å². The number of pyridine rings is 1. The molecule has 38 heavy (non-hydrogen) atoms. The van der Waals surface area contributed by atoms with Crippen LogP contribution >= 0.6 is 0 Å². The molecular formula is C32H31FN4O. The summed E-state index contributed by atoms with van der Waals surface area (Å²) in [4.78, 5) is 28.2. The number of allylic oxidation sites excluding steroid dienone is 2. The number of fused-ring (bicyclic) bond motifs is 3. The third-order valence-corrected chi connectivity index (χ3v) is 8.95. The normalized spacial score (nSPS) is 26.2. The molecule has 2 aromatic heterocycles. The van der Waals surface area contributed by atoms with Crippen molar-refractivity contribution in [3.05, 3.63) is 77.0 Å². The molecule has 2 heterocycles. The zero-order valence-corrected chi connectivity index (χ0v) is 22.1. The molecule has 1 fully saturated rings. The number of aromatic nitrogens is 3. The van der Waals surface area contributed by atoms with Crippen LogP contribution in [0.2, 0.25) is 0 Å². The van der Waals surface area contributed by atoms with Gasteiger partial charge >= 0.3 is 0 Å². The number of hydrogen-bond acceptors (Lipinski definition) is 5. The average Bonchev–Trinajstić information content (AvgIpc) is 3.77. The van der Waals surface area contributed by atoms with Crippen LogP contribution in [0.5, 0.6) is 0 Å². The van der Waals surface area contributed by atoms with E-state index in [4.69, 9.17) is 9.97 Å². The Hall–Kier alpha value is -3.72. The Morgan fingerprint density at radius 3 is 2.63 bits per heavy atom. The van der Waals surface area contributed by atoms with Gasteiger partial charge < -0.3 is 0 Å². The van der Waals surface area contributed by atoms with Crippen LogP contribution in [0, 0.1) is 28.5 Å². The minimum atomic E-state index is -0.667. The maximum Gasteiger partial charge on any atom is 0.179 e. The Bertz CT molecular complexity index is 1530. The van der Waals surface area contributed by atoms with Crippen LogP contribution in [0.1, 0.15) is 75.7 Å². The second kappa shape index (κ2) is 8.94. The van der Waals surface area contributed by atoms with Crippen molar-refractivity contribution in [1.29, 1.82) is 5.26 Å². The van der Waals surface area contributed by atoms with Crippen molar-refractivity contribution in [2.24, 2.45) is 11.3 Å². The van der Waals surface area contributed by atoms with E-state index in [1.807, 2.05) is 25.1 Å². The monoisotopic (exact) mass is 506 g/mol. The molecular weight excluding hydrogens is 475 g/mol. The lowest BCUT2D eigenvalue weighted by Crippen LogP contribution is -2.53. The molecule has 3 atom stereocenters. The van der Waals surface area contributed by atoms with Crippen LogP contribution in [0.15, 0.2) is 54.2 Å². The molecule has 0 radical (unpaired) electrons. The third-order valence-electron chi connectivity index (χ3n) is 8.95. The molecule has 0 amide bonds. The summed E-state index contributed by atoms with van der Waals surface area (Å²) >= 11 is 0. The van der Waals surface area contributed by atoms with Gasteiger partial charge in [0.15, 0.2) is 11.6 Å². The molecule has 6 heteroatoms. The van der Waals surface area contributed by atoms with Gasteiger partial charge in [0, 0.05) is 45.3 Å².